The molecule has 2 fully saturated rings. The molecule has 1 saturated carbocycles. The molecule has 1 saturated heterocycles. The molecule has 5 heteroatoms. The van der Waals surface area contributed by atoms with Crippen molar-refractivity contribution in [1.82, 2.24) is 10.2 Å². The third kappa shape index (κ3) is 5.02. The van der Waals surface area contributed by atoms with E-state index in [0.717, 1.165) is 44.3 Å². The Balaban J connectivity index is 1.54. The molecule has 1 aliphatic heterocycles. The Hall–Kier alpha value is -1.46. The minimum Gasteiger partial charge on any atom is -0.353 e. The standard InChI is InChI=1S/C20H30FN3O/c21-18-8-3-5-15(11-18)13-24-10-4-7-17(14-24)20(25)23-19-9-2-1-6-16(19)12-22/h3,5,8,11,16-17,19H,1-2,4,6-7,9-10,12-14,22H2,(H,23,25). The maximum Gasteiger partial charge on any atom is 0.224 e. The van der Waals surface area contributed by atoms with Crippen LogP contribution in [0.3, 0.4) is 0 Å². The van der Waals surface area contributed by atoms with Crippen LogP contribution >= 0.6 is 0 Å². The van der Waals surface area contributed by atoms with Gasteiger partial charge < -0.3 is 11.1 Å². The van der Waals surface area contributed by atoms with Gasteiger partial charge in [-0.05, 0) is 62.4 Å². The maximum atomic E-state index is 13.4. The molecular formula is C20H30FN3O. The number of nitrogens with zero attached hydrogens (tertiary/aromatic N) is 1. The lowest BCUT2D eigenvalue weighted by atomic mass is 9.84. The summed E-state index contributed by atoms with van der Waals surface area (Å²) in [5.41, 5.74) is 6.85. The molecule has 0 spiro atoms. The van der Waals surface area contributed by atoms with E-state index in [1.807, 2.05) is 6.07 Å². The molecule has 1 amide bonds. The van der Waals surface area contributed by atoms with Gasteiger partial charge in [-0.15, -0.1) is 0 Å². The summed E-state index contributed by atoms with van der Waals surface area (Å²) >= 11 is 0. The van der Waals surface area contributed by atoms with E-state index in [2.05, 4.69) is 10.2 Å². The van der Waals surface area contributed by atoms with Crippen LogP contribution in [0.25, 0.3) is 0 Å². The molecule has 0 radical (unpaired) electrons. The van der Waals surface area contributed by atoms with Crippen LogP contribution < -0.4 is 11.1 Å². The molecule has 1 aromatic rings. The van der Waals surface area contributed by atoms with Gasteiger partial charge in [-0.2, -0.15) is 0 Å². The molecule has 1 aliphatic carbocycles. The zero-order valence-electron chi connectivity index (χ0n) is 14.9. The van der Waals surface area contributed by atoms with E-state index < -0.39 is 0 Å². The van der Waals surface area contributed by atoms with Crippen molar-refractivity contribution in [3.8, 4) is 0 Å². The fourth-order valence-electron chi connectivity index (χ4n) is 4.29. The highest BCUT2D eigenvalue weighted by Gasteiger charge is 2.30. The number of rotatable bonds is 5. The van der Waals surface area contributed by atoms with Crippen LogP contribution in [-0.4, -0.2) is 36.5 Å². The second-order valence-electron chi connectivity index (χ2n) is 7.60. The third-order valence-electron chi connectivity index (χ3n) is 5.71. The van der Waals surface area contributed by atoms with Gasteiger partial charge in [0.25, 0.3) is 0 Å². The van der Waals surface area contributed by atoms with Gasteiger partial charge in [-0.25, -0.2) is 4.39 Å². The highest BCUT2D eigenvalue weighted by Crippen LogP contribution is 2.25. The van der Waals surface area contributed by atoms with E-state index in [9.17, 15) is 9.18 Å². The van der Waals surface area contributed by atoms with Crippen LogP contribution in [0, 0.1) is 17.7 Å². The SMILES string of the molecule is NCC1CCCCC1NC(=O)C1CCCN(Cc2cccc(F)c2)C1. The summed E-state index contributed by atoms with van der Waals surface area (Å²) < 4.78 is 13.4. The lowest BCUT2D eigenvalue weighted by Gasteiger charge is -2.35. The lowest BCUT2D eigenvalue weighted by Crippen LogP contribution is -2.49. The summed E-state index contributed by atoms with van der Waals surface area (Å²) in [6, 6.07) is 6.98. The van der Waals surface area contributed by atoms with Crippen LogP contribution in [0.5, 0.6) is 0 Å². The van der Waals surface area contributed by atoms with Gasteiger partial charge in [0.15, 0.2) is 0 Å². The summed E-state index contributed by atoms with van der Waals surface area (Å²) in [5, 5.41) is 3.28. The van der Waals surface area contributed by atoms with Crippen LogP contribution in [-0.2, 0) is 11.3 Å². The van der Waals surface area contributed by atoms with Gasteiger partial charge in [0.1, 0.15) is 5.82 Å². The van der Waals surface area contributed by atoms with Gasteiger partial charge in [-0.3, -0.25) is 9.69 Å². The second-order valence-corrected chi connectivity index (χ2v) is 7.60. The zero-order chi connectivity index (χ0) is 17.6. The monoisotopic (exact) mass is 347 g/mol. The average Bonchev–Trinajstić information content (AvgIpc) is 2.62. The second kappa shape index (κ2) is 8.77. The Morgan fingerprint density at radius 2 is 2.08 bits per heavy atom. The fourth-order valence-corrected chi connectivity index (χ4v) is 4.29. The summed E-state index contributed by atoms with van der Waals surface area (Å²) in [4.78, 5) is 15.0. The molecule has 4 nitrogen and oxygen atoms in total. The van der Waals surface area contributed by atoms with Crippen LogP contribution in [0.2, 0.25) is 0 Å². The molecule has 25 heavy (non-hydrogen) atoms. The van der Waals surface area contributed by atoms with E-state index >= 15 is 0 Å². The predicted molar refractivity (Wildman–Crippen MR) is 97.3 cm³/mol. The number of halogens is 1. The topological polar surface area (TPSA) is 58.4 Å². The largest absolute Gasteiger partial charge is 0.353 e. The summed E-state index contributed by atoms with van der Waals surface area (Å²) in [7, 11) is 0. The Morgan fingerprint density at radius 1 is 1.24 bits per heavy atom. The number of hydrogen-bond acceptors (Lipinski definition) is 3. The molecule has 0 aromatic heterocycles. The number of nitrogens with two attached hydrogens (primary N) is 1. The summed E-state index contributed by atoms with van der Waals surface area (Å²) in [6.45, 7) is 3.08. The van der Waals surface area contributed by atoms with Gasteiger partial charge in [-0.1, -0.05) is 25.0 Å². The van der Waals surface area contributed by atoms with E-state index in [1.54, 1.807) is 12.1 Å². The molecule has 1 heterocycles. The Kier molecular flexibility index (Phi) is 6.43. The van der Waals surface area contributed by atoms with Crippen molar-refractivity contribution in [3.63, 3.8) is 0 Å². The van der Waals surface area contributed by atoms with E-state index in [1.165, 1.54) is 18.9 Å². The van der Waals surface area contributed by atoms with Crippen LogP contribution in [0.4, 0.5) is 4.39 Å². The molecule has 3 rings (SSSR count). The zero-order valence-corrected chi connectivity index (χ0v) is 14.9. The minimum absolute atomic E-state index is 0.0302. The number of likely N-dealkylation sites (tertiary alicyclic amines) is 1. The number of carbonyl (C=O) groups is 1. The number of amides is 1. The molecule has 3 N–H and O–H groups in total. The Morgan fingerprint density at radius 3 is 2.88 bits per heavy atom. The summed E-state index contributed by atoms with van der Waals surface area (Å²) in [6.07, 6.45) is 6.52. The van der Waals surface area contributed by atoms with Gasteiger partial charge in [0, 0.05) is 19.1 Å². The number of benzene rings is 1. The molecular weight excluding hydrogens is 317 g/mol. The van der Waals surface area contributed by atoms with Crippen LogP contribution in [0.15, 0.2) is 24.3 Å². The van der Waals surface area contributed by atoms with Crippen LogP contribution in [0.1, 0.15) is 44.1 Å². The number of hydrogen-bond donors (Lipinski definition) is 2. The smallest absolute Gasteiger partial charge is 0.224 e. The predicted octanol–water partition coefficient (Wildman–Crippen LogP) is 2.67. The molecule has 138 valence electrons. The first-order valence-corrected chi connectivity index (χ1v) is 9.63. The fraction of sp³-hybridized carbons (Fsp3) is 0.650. The minimum atomic E-state index is -0.200. The van der Waals surface area contributed by atoms with Crippen molar-refractivity contribution in [2.45, 2.75) is 51.1 Å². The highest BCUT2D eigenvalue weighted by atomic mass is 19.1. The van der Waals surface area contributed by atoms with E-state index in [4.69, 9.17) is 5.73 Å². The molecule has 3 atom stereocenters. The highest BCUT2D eigenvalue weighted by molar-refractivity contribution is 5.79. The molecule has 3 unspecified atom stereocenters. The van der Waals surface area contributed by atoms with Gasteiger partial charge >= 0.3 is 0 Å². The van der Waals surface area contributed by atoms with Gasteiger partial charge in [0.05, 0.1) is 5.92 Å². The molecule has 1 aromatic carbocycles. The lowest BCUT2D eigenvalue weighted by molar-refractivity contribution is -0.128. The third-order valence-corrected chi connectivity index (χ3v) is 5.71. The number of carbonyl (C=O) groups excluding carboxylic acids is 1. The quantitative estimate of drug-likeness (QED) is 0.861. The van der Waals surface area contributed by atoms with Crippen molar-refractivity contribution in [3.05, 3.63) is 35.6 Å². The first-order chi connectivity index (χ1) is 12.2. The van der Waals surface area contributed by atoms with Crippen molar-refractivity contribution in [2.75, 3.05) is 19.6 Å². The maximum absolute atomic E-state index is 13.4. The van der Waals surface area contributed by atoms with Crippen molar-refractivity contribution >= 4 is 5.91 Å². The van der Waals surface area contributed by atoms with Crippen molar-refractivity contribution < 1.29 is 9.18 Å². The van der Waals surface area contributed by atoms with Gasteiger partial charge in [0.2, 0.25) is 5.91 Å². The number of nitrogens with one attached hydrogen (secondary N) is 1. The molecule has 0 bridgehead atoms. The first-order valence-electron chi connectivity index (χ1n) is 9.63. The Labute approximate surface area is 150 Å². The average molecular weight is 347 g/mol. The van der Waals surface area contributed by atoms with Crippen molar-refractivity contribution in [2.24, 2.45) is 17.6 Å². The Bertz CT molecular complexity index is 580. The van der Waals surface area contributed by atoms with E-state index in [-0.39, 0.29) is 23.7 Å². The normalized spacial score (nSPS) is 27.8. The first kappa shape index (κ1) is 18.3. The summed E-state index contributed by atoms with van der Waals surface area (Å²) in [5.74, 6) is 0.426. The van der Waals surface area contributed by atoms with Crippen molar-refractivity contribution in [1.29, 1.82) is 0 Å². The molecule has 2 aliphatic rings. The number of piperidine rings is 1. The van der Waals surface area contributed by atoms with E-state index in [0.29, 0.717) is 19.0 Å².